The zero-order valence-corrected chi connectivity index (χ0v) is 12.2. The Morgan fingerprint density at radius 1 is 1.10 bits per heavy atom. The van der Waals surface area contributed by atoms with Crippen molar-refractivity contribution in [3.63, 3.8) is 0 Å². The zero-order valence-electron chi connectivity index (χ0n) is 11.5. The van der Waals surface area contributed by atoms with Crippen LogP contribution in [0.4, 0.5) is 0 Å². The number of hydrogen-bond acceptors (Lipinski definition) is 2. The summed E-state index contributed by atoms with van der Waals surface area (Å²) in [5.41, 5.74) is 0.921. The summed E-state index contributed by atoms with van der Waals surface area (Å²) in [5, 5.41) is 2.26. The first-order chi connectivity index (χ1) is 9.86. The molecule has 0 fully saturated rings. The minimum absolute atomic E-state index is 0.513. The summed E-state index contributed by atoms with van der Waals surface area (Å²) in [6, 6.07) is 12.2. The summed E-state index contributed by atoms with van der Waals surface area (Å²) in [4.78, 5) is 0. The Labute approximate surface area is 124 Å². The van der Waals surface area contributed by atoms with Gasteiger partial charge in [0.1, 0.15) is 12.4 Å². The van der Waals surface area contributed by atoms with Crippen LogP contribution in [-0.4, -0.2) is 26.2 Å². The van der Waals surface area contributed by atoms with Gasteiger partial charge in [-0.1, -0.05) is 42.2 Å². The molecule has 0 heterocycles. The lowest BCUT2D eigenvalue weighted by Crippen LogP contribution is -2.05. The highest BCUT2D eigenvalue weighted by Gasteiger charge is 2.06. The molecule has 104 valence electrons. The molecule has 2 nitrogen and oxygen atoms in total. The predicted molar refractivity (Wildman–Crippen MR) is 83.5 cm³/mol. The van der Waals surface area contributed by atoms with Crippen molar-refractivity contribution in [2.45, 2.75) is 6.42 Å². The smallest absolute Gasteiger partial charge is 0.135 e. The van der Waals surface area contributed by atoms with Gasteiger partial charge in [0.05, 0.1) is 12.2 Å². The summed E-state index contributed by atoms with van der Waals surface area (Å²) in [6.45, 7) is 1.07. The van der Waals surface area contributed by atoms with E-state index in [2.05, 4.69) is 24.0 Å². The molecule has 0 bridgehead atoms. The number of hydrogen-bond donors (Lipinski definition) is 0. The first-order valence-electron chi connectivity index (χ1n) is 6.55. The second-order valence-electron chi connectivity index (χ2n) is 4.24. The van der Waals surface area contributed by atoms with Crippen molar-refractivity contribution in [1.29, 1.82) is 0 Å². The SMILES string of the molecule is COCCOc1ccc2ccccc2c1C#CCCCl. The highest BCUT2D eigenvalue weighted by atomic mass is 35.5. The fraction of sp³-hybridized carbons (Fsp3) is 0.294. The average Bonchev–Trinajstić information content (AvgIpc) is 2.49. The van der Waals surface area contributed by atoms with Crippen molar-refractivity contribution >= 4 is 22.4 Å². The molecule has 0 saturated heterocycles. The van der Waals surface area contributed by atoms with E-state index in [0.717, 1.165) is 22.1 Å². The van der Waals surface area contributed by atoms with Crippen LogP contribution < -0.4 is 4.74 Å². The van der Waals surface area contributed by atoms with E-state index >= 15 is 0 Å². The third kappa shape index (κ3) is 3.66. The van der Waals surface area contributed by atoms with Crippen LogP contribution in [0.15, 0.2) is 36.4 Å². The summed E-state index contributed by atoms with van der Waals surface area (Å²) in [6.07, 6.45) is 0.669. The first kappa shape index (κ1) is 14.7. The van der Waals surface area contributed by atoms with E-state index in [0.29, 0.717) is 25.5 Å². The second kappa shape index (κ2) is 7.79. The standard InChI is InChI=1S/C17H17ClO2/c1-19-12-13-20-17-10-9-14-6-2-3-7-15(14)16(17)8-4-5-11-18/h2-3,6-7,9-10H,5,11-13H2,1H3. The Balaban J connectivity index is 2.40. The van der Waals surface area contributed by atoms with E-state index in [1.165, 1.54) is 0 Å². The Morgan fingerprint density at radius 2 is 1.95 bits per heavy atom. The van der Waals surface area contributed by atoms with Gasteiger partial charge in [0.25, 0.3) is 0 Å². The molecule has 0 unspecified atom stereocenters. The molecule has 2 aromatic carbocycles. The van der Waals surface area contributed by atoms with Crippen molar-refractivity contribution in [3.05, 3.63) is 42.0 Å². The molecule has 20 heavy (non-hydrogen) atoms. The third-order valence-corrected chi connectivity index (χ3v) is 3.06. The lowest BCUT2D eigenvalue weighted by Gasteiger charge is -2.10. The van der Waals surface area contributed by atoms with Crippen LogP contribution in [0.5, 0.6) is 5.75 Å². The summed E-state index contributed by atoms with van der Waals surface area (Å²) < 4.78 is 10.8. The van der Waals surface area contributed by atoms with Crippen LogP contribution in [0, 0.1) is 11.8 Å². The number of ether oxygens (including phenoxy) is 2. The minimum atomic E-state index is 0.513. The molecule has 0 N–H and O–H groups in total. The van der Waals surface area contributed by atoms with Gasteiger partial charge in [-0.15, -0.1) is 11.6 Å². The Morgan fingerprint density at radius 3 is 2.75 bits per heavy atom. The zero-order chi connectivity index (χ0) is 14.2. The van der Waals surface area contributed by atoms with Gasteiger partial charge in [-0.25, -0.2) is 0 Å². The van der Waals surface area contributed by atoms with Gasteiger partial charge in [-0.2, -0.15) is 0 Å². The molecular weight excluding hydrogens is 272 g/mol. The van der Waals surface area contributed by atoms with Crippen LogP contribution in [-0.2, 0) is 4.74 Å². The third-order valence-electron chi connectivity index (χ3n) is 2.87. The molecule has 0 aliphatic rings. The molecule has 0 saturated carbocycles. The number of benzene rings is 2. The number of alkyl halides is 1. The van der Waals surface area contributed by atoms with Gasteiger partial charge in [-0.05, 0) is 11.5 Å². The minimum Gasteiger partial charge on any atom is -0.490 e. The highest BCUT2D eigenvalue weighted by molar-refractivity contribution is 6.18. The molecule has 3 heteroatoms. The molecule has 0 atom stereocenters. The summed E-state index contributed by atoms with van der Waals surface area (Å²) >= 11 is 5.68. The molecule has 2 rings (SSSR count). The van der Waals surface area contributed by atoms with Crippen LogP contribution in [0.3, 0.4) is 0 Å². The van der Waals surface area contributed by atoms with Crippen LogP contribution in [0.1, 0.15) is 12.0 Å². The lowest BCUT2D eigenvalue weighted by molar-refractivity contribution is 0.146. The van der Waals surface area contributed by atoms with Gasteiger partial charge < -0.3 is 9.47 Å². The highest BCUT2D eigenvalue weighted by Crippen LogP contribution is 2.27. The van der Waals surface area contributed by atoms with Crippen LogP contribution in [0.2, 0.25) is 0 Å². The summed E-state index contributed by atoms with van der Waals surface area (Å²) in [7, 11) is 1.66. The first-order valence-corrected chi connectivity index (χ1v) is 7.08. The maximum Gasteiger partial charge on any atom is 0.135 e. The molecule has 0 aliphatic heterocycles. The van der Waals surface area contributed by atoms with Crippen LogP contribution >= 0.6 is 11.6 Å². The second-order valence-corrected chi connectivity index (χ2v) is 4.62. The normalized spacial score (nSPS) is 10.1. The molecule has 0 spiro atoms. The Hall–Kier alpha value is -1.69. The van der Waals surface area contributed by atoms with Crippen molar-refractivity contribution < 1.29 is 9.47 Å². The fourth-order valence-corrected chi connectivity index (χ4v) is 2.03. The lowest BCUT2D eigenvalue weighted by atomic mass is 10.0. The maximum absolute atomic E-state index is 5.76. The average molecular weight is 289 g/mol. The van der Waals surface area contributed by atoms with Gasteiger partial charge >= 0.3 is 0 Å². The van der Waals surface area contributed by atoms with Gasteiger partial charge in [0, 0.05) is 24.8 Å². The van der Waals surface area contributed by atoms with Crippen molar-refractivity contribution in [2.75, 3.05) is 26.2 Å². The topological polar surface area (TPSA) is 18.5 Å². The van der Waals surface area contributed by atoms with Gasteiger partial charge in [0.15, 0.2) is 0 Å². The quantitative estimate of drug-likeness (QED) is 0.473. The number of rotatable bonds is 5. The molecule has 0 amide bonds. The summed E-state index contributed by atoms with van der Waals surface area (Å²) in [5.74, 6) is 7.60. The number of methoxy groups -OCH3 is 1. The largest absolute Gasteiger partial charge is 0.490 e. The molecule has 0 aliphatic carbocycles. The van der Waals surface area contributed by atoms with E-state index in [4.69, 9.17) is 21.1 Å². The van der Waals surface area contributed by atoms with Crippen LogP contribution in [0.25, 0.3) is 10.8 Å². The van der Waals surface area contributed by atoms with Crippen molar-refractivity contribution in [3.8, 4) is 17.6 Å². The van der Waals surface area contributed by atoms with Crippen molar-refractivity contribution in [2.24, 2.45) is 0 Å². The number of fused-ring (bicyclic) bond motifs is 1. The Kier molecular flexibility index (Phi) is 5.73. The van der Waals surface area contributed by atoms with Gasteiger partial charge in [-0.3, -0.25) is 0 Å². The van der Waals surface area contributed by atoms with E-state index in [1.54, 1.807) is 7.11 Å². The molecule has 0 aromatic heterocycles. The van der Waals surface area contributed by atoms with E-state index < -0.39 is 0 Å². The molecular formula is C17H17ClO2. The number of halogens is 1. The monoisotopic (exact) mass is 288 g/mol. The van der Waals surface area contributed by atoms with E-state index in [1.807, 2.05) is 24.3 Å². The fourth-order valence-electron chi connectivity index (χ4n) is 1.93. The molecule has 2 aromatic rings. The predicted octanol–water partition coefficient (Wildman–Crippen LogP) is 3.85. The molecule has 0 radical (unpaired) electrons. The van der Waals surface area contributed by atoms with E-state index in [-0.39, 0.29) is 0 Å². The van der Waals surface area contributed by atoms with Crippen molar-refractivity contribution in [1.82, 2.24) is 0 Å². The maximum atomic E-state index is 5.76. The Bertz CT molecular complexity index is 626. The van der Waals surface area contributed by atoms with E-state index in [9.17, 15) is 0 Å². The van der Waals surface area contributed by atoms with Gasteiger partial charge in [0.2, 0.25) is 0 Å².